The average Bonchev–Trinajstić information content (AvgIpc) is 3.24. The predicted molar refractivity (Wildman–Crippen MR) is 261 cm³/mol. The first-order valence-electron chi connectivity index (χ1n) is 27.3. The Morgan fingerprint density at radius 2 is 0.623 bits per heavy atom. The molecule has 6 nitrogen and oxygen atoms in total. The number of rotatable bonds is 49. The van der Waals surface area contributed by atoms with E-state index in [0.717, 1.165) is 69.6 Å². The van der Waals surface area contributed by atoms with Gasteiger partial charge in [0.2, 0.25) is 0 Å². The number of ether oxygens (including phenoxy) is 3. The van der Waals surface area contributed by atoms with Crippen molar-refractivity contribution < 1.29 is 28.6 Å². The Bertz CT molecular complexity index is 933. The number of carbonyl (C=O) groups excluding carboxylic acids is 3. The number of hydrogen-bond acceptors (Lipinski definition) is 6. The van der Waals surface area contributed by atoms with Crippen LogP contribution in [0.4, 0.5) is 0 Å². The Labute approximate surface area is 380 Å². The van der Waals surface area contributed by atoms with E-state index >= 15 is 0 Å². The molecule has 0 spiro atoms. The predicted octanol–water partition coefficient (Wildman–Crippen LogP) is 17.7. The molecule has 6 heteroatoms. The first kappa shape index (κ1) is 59.4. The lowest BCUT2D eigenvalue weighted by atomic mass is 9.99. The van der Waals surface area contributed by atoms with Gasteiger partial charge in [0.05, 0.1) is 0 Å². The molecule has 61 heavy (non-hydrogen) atoms. The molecule has 0 aromatic rings. The summed E-state index contributed by atoms with van der Waals surface area (Å²) in [7, 11) is 0. The molecule has 0 aromatic heterocycles. The van der Waals surface area contributed by atoms with E-state index in [4.69, 9.17) is 14.2 Å². The summed E-state index contributed by atoms with van der Waals surface area (Å²) in [5, 5.41) is 0. The van der Waals surface area contributed by atoms with Gasteiger partial charge < -0.3 is 14.2 Å². The van der Waals surface area contributed by atoms with Crippen LogP contribution in [0.3, 0.4) is 0 Å². The summed E-state index contributed by atoms with van der Waals surface area (Å²) < 4.78 is 16.8. The summed E-state index contributed by atoms with van der Waals surface area (Å²) in [6, 6.07) is 0. The zero-order chi connectivity index (χ0) is 44.7. The van der Waals surface area contributed by atoms with Crippen LogP contribution < -0.4 is 0 Å². The second kappa shape index (κ2) is 47.9. The molecule has 1 unspecified atom stereocenters. The van der Waals surface area contributed by atoms with Crippen LogP contribution in [0.25, 0.3) is 0 Å². The molecule has 0 bridgehead atoms. The Kier molecular flexibility index (Phi) is 46.6. The Morgan fingerprint density at radius 3 is 0.934 bits per heavy atom. The van der Waals surface area contributed by atoms with E-state index in [2.05, 4.69) is 34.6 Å². The van der Waals surface area contributed by atoms with E-state index < -0.39 is 6.10 Å². The molecular formula is C55H106O6. The summed E-state index contributed by atoms with van der Waals surface area (Å²) in [4.78, 5) is 38.0. The first-order valence-corrected chi connectivity index (χ1v) is 27.3. The third kappa shape index (κ3) is 47.7. The summed E-state index contributed by atoms with van der Waals surface area (Å²) in [6.07, 6.45) is 49.4. The van der Waals surface area contributed by atoms with Crippen LogP contribution in [0.1, 0.15) is 304 Å². The smallest absolute Gasteiger partial charge is 0.306 e. The van der Waals surface area contributed by atoms with Crippen LogP contribution >= 0.6 is 0 Å². The van der Waals surface area contributed by atoms with Crippen LogP contribution in [-0.2, 0) is 28.6 Å². The monoisotopic (exact) mass is 863 g/mol. The maximum absolute atomic E-state index is 12.8. The first-order chi connectivity index (χ1) is 29.8. The van der Waals surface area contributed by atoms with Gasteiger partial charge in [-0.15, -0.1) is 0 Å². The molecule has 0 fully saturated rings. The van der Waals surface area contributed by atoms with Gasteiger partial charge >= 0.3 is 17.9 Å². The minimum absolute atomic E-state index is 0.0634. The zero-order valence-electron chi connectivity index (χ0n) is 41.8. The van der Waals surface area contributed by atoms with Crippen LogP contribution in [0, 0.1) is 11.8 Å². The summed E-state index contributed by atoms with van der Waals surface area (Å²) >= 11 is 0. The SMILES string of the molecule is CCCCCCCCCCCCCCCC(=O)OC[C@H](COC(=O)CCCCCCCCCCC(C)CC)OC(=O)CCCCCCCCCCCCCCCCCC(C)C. The molecule has 0 rings (SSSR count). The molecule has 2 atom stereocenters. The third-order valence-corrected chi connectivity index (χ3v) is 12.8. The van der Waals surface area contributed by atoms with Crippen molar-refractivity contribution in [2.75, 3.05) is 13.2 Å². The molecule has 0 N–H and O–H groups in total. The molecule has 0 aliphatic heterocycles. The van der Waals surface area contributed by atoms with Gasteiger partial charge in [-0.05, 0) is 31.1 Å². The van der Waals surface area contributed by atoms with Gasteiger partial charge in [-0.3, -0.25) is 14.4 Å². The Morgan fingerprint density at radius 1 is 0.344 bits per heavy atom. The molecule has 362 valence electrons. The summed E-state index contributed by atoms with van der Waals surface area (Å²) in [6.45, 7) is 11.4. The minimum atomic E-state index is -0.762. The van der Waals surface area contributed by atoms with Gasteiger partial charge in [0.15, 0.2) is 6.10 Å². The quantitative estimate of drug-likeness (QED) is 0.0344. The van der Waals surface area contributed by atoms with E-state index in [9.17, 15) is 14.4 Å². The second-order valence-electron chi connectivity index (χ2n) is 19.6. The van der Waals surface area contributed by atoms with E-state index in [-0.39, 0.29) is 31.1 Å². The van der Waals surface area contributed by atoms with Crippen molar-refractivity contribution in [3.05, 3.63) is 0 Å². The maximum atomic E-state index is 12.8. The average molecular weight is 863 g/mol. The molecule has 0 heterocycles. The lowest BCUT2D eigenvalue weighted by molar-refractivity contribution is -0.167. The summed E-state index contributed by atoms with van der Waals surface area (Å²) in [5.41, 5.74) is 0. The van der Waals surface area contributed by atoms with Crippen molar-refractivity contribution in [1.29, 1.82) is 0 Å². The summed E-state index contributed by atoms with van der Waals surface area (Å²) in [5.74, 6) is 0.851. The highest BCUT2D eigenvalue weighted by molar-refractivity contribution is 5.71. The van der Waals surface area contributed by atoms with Gasteiger partial charge in [-0.1, -0.05) is 266 Å². The van der Waals surface area contributed by atoms with E-state index in [1.807, 2.05) is 0 Å². The number of hydrogen-bond donors (Lipinski definition) is 0. The standard InChI is InChI=1S/C55H106O6/c1-6-8-9-10-11-12-13-17-21-24-30-35-40-45-53(56)59-48-52(49-60-54(57)46-41-36-31-27-26-29-34-39-44-51(5)7-2)61-55(58)47-42-37-32-25-22-19-16-14-15-18-20-23-28-33-38-43-50(3)4/h50-52H,6-49H2,1-5H3/t51?,52-/m1/s1. The number of unbranched alkanes of at least 4 members (excludes halogenated alkanes) is 33. The minimum Gasteiger partial charge on any atom is -0.462 e. The van der Waals surface area contributed by atoms with Gasteiger partial charge in [0, 0.05) is 19.3 Å². The lowest BCUT2D eigenvalue weighted by Crippen LogP contribution is -2.30. The van der Waals surface area contributed by atoms with Gasteiger partial charge in [0.1, 0.15) is 13.2 Å². The Balaban J connectivity index is 4.30. The van der Waals surface area contributed by atoms with Gasteiger partial charge in [-0.2, -0.15) is 0 Å². The normalized spacial score (nSPS) is 12.5. The maximum Gasteiger partial charge on any atom is 0.306 e. The highest BCUT2D eigenvalue weighted by atomic mass is 16.6. The van der Waals surface area contributed by atoms with Crippen molar-refractivity contribution in [3.63, 3.8) is 0 Å². The van der Waals surface area contributed by atoms with Crippen molar-refractivity contribution in [1.82, 2.24) is 0 Å². The molecule has 0 saturated carbocycles. The topological polar surface area (TPSA) is 78.9 Å². The van der Waals surface area contributed by atoms with Gasteiger partial charge in [-0.25, -0.2) is 0 Å². The third-order valence-electron chi connectivity index (χ3n) is 12.8. The molecule has 0 saturated heterocycles. The van der Waals surface area contributed by atoms with Crippen LogP contribution in [0.2, 0.25) is 0 Å². The molecule has 0 aromatic carbocycles. The van der Waals surface area contributed by atoms with E-state index in [1.165, 1.54) is 193 Å². The highest BCUT2D eigenvalue weighted by Crippen LogP contribution is 2.18. The lowest BCUT2D eigenvalue weighted by Gasteiger charge is -2.18. The fourth-order valence-electron chi connectivity index (χ4n) is 8.31. The fraction of sp³-hybridized carbons (Fsp3) is 0.945. The largest absolute Gasteiger partial charge is 0.462 e. The second-order valence-corrected chi connectivity index (χ2v) is 19.6. The Hall–Kier alpha value is -1.59. The molecule has 0 aliphatic rings. The van der Waals surface area contributed by atoms with Crippen molar-refractivity contribution >= 4 is 17.9 Å². The van der Waals surface area contributed by atoms with Crippen LogP contribution in [0.15, 0.2) is 0 Å². The highest BCUT2D eigenvalue weighted by Gasteiger charge is 2.19. The number of carbonyl (C=O) groups is 3. The van der Waals surface area contributed by atoms with Crippen LogP contribution in [0.5, 0.6) is 0 Å². The van der Waals surface area contributed by atoms with Crippen molar-refractivity contribution in [2.45, 2.75) is 310 Å². The zero-order valence-corrected chi connectivity index (χ0v) is 41.8. The van der Waals surface area contributed by atoms with Gasteiger partial charge in [0.25, 0.3) is 0 Å². The molecular weight excluding hydrogens is 757 g/mol. The van der Waals surface area contributed by atoms with Crippen molar-refractivity contribution in [3.8, 4) is 0 Å². The number of esters is 3. The van der Waals surface area contributed by atoms with Crippen LogP contribution in [-0.4, -0.2) is 37.2 Å². The molecule has 0 aliphatic carbocycles. The van der Waals surface area contributed by atoms with E-state index in [0.29, 0.717) is 19.3 Å². The fourth-order valence-corrected chi connectivity index (χ4v) is 8.31. The van der Waals surface area contributed by atoms with Crippen molar-refractivity contribution in [2.24, 2.45) is 11.8 Å². The van der Waals surface area contributed by atoms with E-state index in [1.54, 1.807) is 0 Å². The molecule has 0 radical (unpaired) electrons. The molecule has 0 amide bonds.